The van der Waals surface area contributed by atoms with E-state index in [1.54, 1.807) is 14.0 Å². The summed E-state index contributed by atoms with van der Waals surface area (Å²) in [7, 11) is 1.70. The summed E-state index contributed by atoms with van der Waals surface area (Å²) in [4.78, 5) is 23.8. The molecule has 0 aliphatic rings. The quantitative estimate of drug-likeness (QED) is 0.777. The molecule has 0 fully saturated rings. The first-order valence-corrected chi connectivity index (χ1v) is 6.88. The van der Waals surface area contributed by atoms with Gasteiger partial charge in [0.1, 0.15) is 11.8 Å². The molecule has 0 radical (unpaired) electrons. The first kappa shape index (κ1) is 16.4. The summed E-state index contributed by atoms with van der Waals surface area (Å²) < 4.78 is 5.21. The van der Waals surface area contributed by atoms with Crippen LogP contribution >= 0.6 is 0 Å². The summed E-state index contributed by atoms with van der Waals surface area (Å²) in [6, 6.07) is 9.03. The number of ether oxygens (including phenoxy) is 1. The van der Waals surface area contributed by atoms with Crippen molar-refractivity contribution in [2.24, 2.45) is 0 Å². The minimum absolute atomic E-state index is 0.0498. The Hall–Kier alpha value is -1.68. The lowest BCUT2D eigenvalue weighted by Gasteiger charge is -2.21. The van der Waals surface area contributed by atoms with Crippen LogP contribution in [0.1, 0.15) is 38.7 Å². The maximum Gasteiger partial charge on any atom is 0.323 e. The summed E-state index contributed by atoms with van der Waals surface area (Å²) in [5, 5.41) is 2.94. The molecule has 110 valence electrons. The number of likely N-dealkylation sites (N-methyl/N-ethyl adjacent to an activating group) is 1. The van der Waals surface area contributed by atoms with Crippen molar-refractivity contribution < 1.29 is 14.3 Å². The molecule has 1 aromatic rings. The number of hydrogen-bond acceptors (Lipinski definition) is 4. The Balaban J connectivity index is 2.84. The molecule has 0 saturated heterocycles. The fourth-order valence-electron chi connectivity index (χ4n) is 2.10. The van der Waals surface area contributed by atoms with E-state index in [9.17, 15) is 9.59 Å². The van der Waals surface area contributed by atoms with Crippen LogP contribution in [0.4, 0.5) is 0 Å². The average Bonchev–Trinajstić information content (AvgIpc) is 2.39. The molecule has 0 saturated carbocycles. The number of rotatable bonds is 7. The highest BCUT2D eigenvalue weighted by molar-refractivity contribution is 5.85. The van der Waals surface area contributed by atoms with E-state index in [2.05, 4.69) is 5.32 Å². The fraction of sp³-hybridized carbons (Fsp3) is 0.500. The highest BCUT2D eigenvalue weighted by Crippen LogP contribution is 2.22. The zero-order valence-corrected chi connectivity index (χ0v) is 12.6. The number of ketones is 1. The highest BCUT2D eigenvalue weighted by atomic mass is 16.5. The average molecular weight is 277 g/mol. The highest BCUT2D eigenvalue weighted by Gasteiger charge is 2.26. The van der Waals surface area contributed by atoms with E-state index in [4.69, 9.17) is 4.74 Å². The molecule has 1 aromatic carbocycles. The molecule has 2 unspecified atom stereocenters. The summed E-state index contributed by atoms with van der Waals surface area (Å²) in [6.07, 6.45) is 0.243. The van der Waals surface area contributed by atoms with Gasteiger partial charge in [-0.2, -0.15) is 0 Å². The first-order chi connectivity index (χ1) is 9.45. The Morgan fingerprint density at radius 2 is 1.80 bits per heavy atom. The number of Topliss-reactive ketones (excluding diaryl/α,β-unsaturated/α-hetero) is 1. The number of esters is 1. The molecule has 1 N–H and O–H groups in total. The largest absolute Gasteiger partial charge is 0.462 e. The van der Waals surface area contributed by atoms with E-state index >= 15 is 0 Å². The van der Waals surface area contributed by atoms with Crippen molar-refractivity contribution >= 4 is 11.8 Å². The molecule has 0 aliphatic carbocycles. The van der Waals surface area contributed by atoms with Gasteiger partial charge in [0.05, 0.1) is 6.10 Å². The molecule has 0 bridgehead atoms. The van der Waals surface area contributed by atoms with Crippen molar-refractivity contribution in [3.8, 4) is 0 Å². The van der Waals surface area contributed by atoms with Crippen molar-refractivity contribution in [1.29, 1.82) is 0 Å². The van der Waals surface area contributed by atoms with Crippen LogP contribution in [0.5, 0.6) is 0 Å². The van der Waals surface area contributed by atoms with Gasteiger partial charge in [-0.15, -0.1) is 0 Å². The van der Waals surface area contributed by atoms with Crippen LogP contribution in [0, 0.1) is 0 Å². The lowest BCUT2D eigenvalue weighted by atomic mass is 9.89. The van der Waals surface area contributed by atoms with Crippen LogP contribution < -0.4 is 5.32 Å². The summed E-state index contributed by atoms with van der Waals surface area (Å²) in [6.45, 7) is 5.17. The summed E-state index contributed by atoms with van der Waals surface area (Å²) in [5.41, 5.74) is 0.928. The minimum atomic E-state index is -0.480. The molecule has 0 aromatic heterocycles. The molecular formula is C16H23NO3. The van der Waals surface area contributed by atoms with Gasteiger partial charge in [0, 0.05) is 5.92 Å². The molecule has 0 spiro atoms. The minimum Gasteiger partial charge on any atom is -0.462 e. The molecule has 0 amide bonds. The smallest absolute Gasteiger partial charge is 0.323 e. The Bertz CT molecular complexity index is 442. The maximum absolute atomic E-state index is 12.0. The van der Waals surface area contributed by atoms with E-state index in [1.807, 2.05) is 44.2 Å². The van der Waals surface area contributed by atoms with Gasteiger partial charge in [0.2, 0.25) is 0 Å². The number of carbonyl (C=O) groups is 2. The molecule has 20 heavy (non-hydrogen) atoms. The molecule has 0 aliphatic heterocycles. The monoisotopic (exact) mass is 277 g/mol. The van der Waals surface area contributed by atoms with Gasteiger partial charge >= 0.3 is 5.97 Å². The second-order valence-electron chi connectivity index (χ2n) is 5.14. The van der Waals surface area contributed by atoms with Gasteiger partial charge in [0.15, 0.2) is 0 Å². The SMILES string of the molecule is CNC(CC(C(C)=O)c1ccccc1)C(=O)OC(C)C. The van der Waals surface area contributed by atoms with Crippen LogP contribution in [0.3, 0.4) is 0 Å². The van der Waals surface area contributed by atoms with Gasteiger partial charge in [-0.3, -0.25) is 9.59 Å². The van der Waals surface area contributed by atoms with Gasteiger partial charge in [-0.1, -0.05) is 30.3 Å². The number of nitrogens with one attached hydrogen (secondary N) is 1. The Morgan fingerprint density at radius 1 is 1.20 bits per heavy atom. The topological polar surface area (TPSA) is 55.4 Å². The van der Waals surface area contributed by atoms with Crippen LogP contribution in [-0.2, 0) is 14.3 Å². The van der Waals surface area contributed by atoms with E-state index in [0.717, 1.165) is 5.56 Å². The number of hydrogen-bond donors (Lipinski definition) is 1. The van der Waals surface area contributed by atoms with Crippen LogP contribution in [0.2, 0.25) is 0 Å². The van der Waals surface area contributed by atoms with Gasteiger partial charge in [-0.25, -0.2) is 0 Å². The molecule has 4 nitrogen and oxygen atoms in total. The molecule has 2 atom stereocenters. The third-order valence-corrected chi connectivity index (χ3v) is 3.15. The van der Waals surface area contributed by atoms with Crippen molar-refractivity contribution in [3.05, 3.63) is 35.9 Å². The summed E-state index contributed by atoms with van der Waals surface area (Å²) >= 11 is 0. The lowest BCUT2D eigenvalue weighted by Crippen LogP contribution is -2.38. The second kappa shape index (κ2) is 7.80. The Morgan fingerprint density at radius 3 is 2.25 bits per heavy atom. The number of carbonyl (C=O) groups excluding carboxylic acids is 2. The molecule has 4 heteroatoms. The van der Waals surface area contributed by atoms with Crippen molar-refractivity contribution in [3.63, 3.8) is 0 Å². The Labute approximate surface area is 120 Å². The number of benzene rings is 1. The van der Waals surface area contributed by atoms with Crippen molar-refractivity contribution in [2.75, 3.05) is 7.05 Å². The van der Waals surface area contributed by atoms with Crippen LogP contribution in [0.15, 0.2) is 30.3 Å². The van der Waals surface area contributed by atoms with E-state index in [1.165, 1.54) is 0 Å². The Kier molecular flexibility index (Phi) is 6.39. The van der Waals surface area contributed by atoms with Crippen molar-refractivity contribution in [1.82, 2.24) is 5.32 Å². The lowest BCUT2D eigenvalue weighted by molar-refractivity contribution is -0.150. The maximum atomic E-state index is 12.0. The normalized spacial score (nSPS) is 13.8. The van der Waals surface area contributed by atoms with Gasteiger partial charge in [-0.05, 0) is 39.8 Å². The first-order valence-electron chi connectivity index (χ1n) is 6.88. The van der Waals surface area contributed by atoms with Gasteiger partial charge < -0.3 is 10.1 Å². The molecule has 0 heterocycles. The zero-order chi connectivity index (χ0) is 15.1. The van der Waals surface area contributed by atoms with Crippen molar-refractivity contribution in [2.45, 2.75) is 45.3 Å². The van der Waals surface area contributed by atoms with E-state index in [-0.39, 0.29) is 23.8 Å². The molecule has 1 rings (SSSR count). The predicted octanol–water partition coefficient (Wildman–Crippen LogP) is 2.29. The third kappa shape index (κ3) is 4.78. The predicted molar refractivity (Wildman–Crippen MR) is 78.6 cm³/mol. The van der Waals surface area contributed by atoms with Crippen LogP contribution in [0.25, 0.3) is 0 Å². The fourth-order valence-corrected chi connectivity index (χ4v) is 2.10. The zero-order valence-electron chi connectivity index (χ0n) is 12.6. The third-order valence-electron chi connectivity index (χ3n) is 3.15. The standard InChI is InChI=1S/C16H23NO3/c1-11(2)20-16(19)15(17-4)10-14(12(3)18)13-8-6-5-7-9-13/h5-9,11,14-15,17H,10H2,1-4H3. The van der Waals surface area contributed by atoms with Gasteiger partial charge in [0.25, 0.3) is 0 Å². The van der Waals surface area contributed by atoms with E-state index < -0.39 is 6.04 Å². The second-order valence-corrected chi connectivity index (χ2v) is 5.14. The van der Waals surface area contributed by atoms with E-state index in [0.29, 0.717) is 6.42 Å². The van der Waals surface area contributed by atoms with Crippen LogP contribution in [-0.4, -0.2) is 30.9 Å². The summed E-state index contributed by atoms with van der Waals surface area (Å²) in [5.74, 6) is -0.563. The molecular weight excluding hydrogens is 254 g/mol.